The summed E-state index contributed by atoms with van der Waals surface area (Å²) in [7, 11) is -3.11. The molecule has 1 atom stereocenters. The summed E-state index contributed by atoms with van der Waals surface area (Å²) >= 11 is 0. The topological polar surface area (TPSA) is 80.5 Å². The summed E-state index contributed by atoms with van der Waals surface area (Å²) in [6, 6.07) is 0. The van der Waals surface area contributed by atoms with Gasteiger partial charge in [0, 0.05) is 13.0 Å². The molecule has 0 bridgehead atoms. The quantitative estimate of drug-likeness (QED) is 0.663. The van der Waals surface area contributed by atoms with Gasteiger partial charge in [-0.1, -0.05) is 6.08 Å². The summed E-state index contributed by atoms with van der Waals surface area (Å²) in [6.07, 6.45) is 2.51. The lowest BCUT2D eigenvalue weighted by atomic mass is 10.3. The van der Waals surface area contributed by atoms with Crippen molar-refractivity contribution in [3.8, 4) is 0 Å². The Kier molecular flexibility index (Phi) is 4.49. The van der Waals surface area contributed by atoms with Gasteiger partial charge in [0.2, 0.25) is 5.91 Å². The van der Waals surface area contributed by atoms with E-state index < -0.39 is 16.0 Å². The molecule has 0 radical (unpaired) electrons. The van der Waals surface area contributed by atoms with Crippen LogP contribution in [0.2, 0.25) is 0 Å². The van der Waals surface area contributed by atoms with Gasteiger partial charge < -0.3 is 10.6 Å². The zero-order chi connectivity index (χ0) is 12.2. The molecule has 2 N–H and O–H groups in total. The van der Waals surface area contributed by atoms with Gasteiger partial charge in [-0.3, -0.25) is 4.79 Å². The molecule has 0 aliphatic carbocycles. The molecule has 0 aromatic heterocycles. The Hall–Kier alpha value is -0.880. The number of carbonyl (C=O) groups excluding carboxylic acids is 1. The van der Waals surface area contributed by atoms with Crippen LogP contribution < -0.4 is 5.73 Å². The Morgan fingerprint density at radius 3 is 2.75 bits per heavy atom. The second-order valence-electron chi connectivity index (χ2n) is 3.95. The molecule has 1 rings (SSSR count). The van der Waals surface area contributed by atoms with Crippen molar-refractivity contribution >= 4 is 15.7 Å². The van der Waals surface area contributed by atoms with Crippen LogP contribution in [-0.2, 0) is 14.6 Å². The second kappa shape index (κ2) is 5.45. The first-order valence-electron chi connectivity index (χ1n) is 5.32. The molecule has 1 aliphatic rings. The van der Waals surface area contributed by atoms with Crippen molar-refractivity contribution in [2.75, 3.05) is 18.1 Å². The number of carbonyl (C=O) groups is 1. The van der Waals surface area contributed by atoms with Gasteiger partial charge in [0.1, 0.15) is 0 Å². The first kappa shape index (κ1) is 13.2. The third-order valence-corrected chi connectivity index (χ3v) is 4.21. The number of hydrogen-bond acceptors (Lipinski definition) is 4. The maximum absolute atomic E-state index is 11.4. The summed E-state index contributed by atoms with van der Waals surface area (Å²) in [5.41, 5.74) is 5.79. The Morgan fingerprint density at radius 2 is 2.25 bits per heavy atom. The van der Waals surface area contributed by atoms with Gasteiger partial charge in [0.05, 0.1) is 17.7 Å². The normalized spacial score (nSPS) is 18.8. The van der Waals surface area contributed by atoms with Crippen molar-refractivity contribution in [3.63, 3.8) is 0 Å². The van der Waals surface area contributed by atoms with Crippen molar-refractivity contribution in [3.05, 3.63) is 12.7 Å². The lowest BCUT2D eigenvalue weighted by Crippen LogP contribution is -2.43. The largest absolute Gasteiger partial charge is 0.327 e. The molecule has 92 valence electrons. The van der Waals surface area contributed by atoms with Gasteiger partial charge >= 0.3 is 0 Å². The fourth-order valence-corrected chi connectivity index (χ4v) is 2.87. The molecule has 0 aromatic carbocycles. The first-order valence-corrected chi connectivity index (χ1v) is 7.15. The molecule has 1 aliphatic heterocycles. The highest BCUT2D eigenvalue weighted by Gasteiger charge is 2.26. The van der Waals surface area contributed by atoms with Crippen LogP contribution in [0.1, 0.15) is 19.3 Å². The molecule has 6 heteroatoms. The van der Waals surface area contributed by atoms with Gasteiger partial charge in [-0.15, -0.1) is 6.58 Å². The minimum atomic E-state index is -3.11. The molecule has 1 unspecified atom stereocenters. The summed E-state index contributed by atoms with van der Waals surface area (Å²) in [5, 5.41) is 0. The van der Waals surface area contributed by atoms with Crippen LogP contribution >= 0.6 is 0 Å². The van der Waals surface area contributed by atoms with E-state index in [0.717, 1.165) is 6.42 Å². The van der Waals surface area contributed by atoms with Gasteiger partial charge in [-0.05, 0) is 12.8 Å². The SMILES string of the molecule is C=CCS(=O)(=O)CCC(N)N1CCCC1=O. The second-order valence-corrected chi connectivity index (χ2v) is 6.18. The Bertz CT molecular complexity index is 364. The smallest absolute Gasteiger partial charge is 0.223 e. The third kappa shape index (κ3) is 3.61. The highest BCUT2D eigenvalue weighted by molar-refractivity contribution is 7.91. The highest BCUT2D eigenvalue weighted by atomic mass is 32.2. The van der Waals surface area contributed by atoms with E-state index in [2.05, 4.69) is 6.58 Å². The van der Waals surface area contributed by atoms with Gasteiger partial charge in [0.15, 0.2) is 9.84 Å². The predicted octanol–water partition coefficient (Wildman–Crippen LogP) is -0.115. The molecule has 0 saturated carbocycles. The number of nitrogens with zero attached hydrogens (tertiary/aromatic N) is 1. The number of likely N-dealkylation sites (tertiary alicyclic amines) is 1. The average molecular weight is 246 g/mol. The van der Waals surface area contributed by atoms with Crippen molar-refractivity contribution in [2.24, 2.45) is 5.73 Å². The molecule has 16 heavy (non-hydrogen) atoms. The van der Waals surface area contributed by atoms with Crippen LogP contribution in [0.5, 0.6) is 0 Å². The van der Waals surface area contributed by atoms with Crippen LogP contribution in [0, 0.1) is 0 Å². The van der Waals surface area contributed by atoms with E-state index in [1.165, 1.54) is 6.08 Å². The van der Waals surface area contributed by atoms with E-state index in [1.807, 2.05) is 0 Å². The monoisotopic (exact) mass is 246 g/mol. The van der Waals surface area contributed by atoms with Gasteiger partial charge in [-0.2, -0.15) is 0 Å². The van der Waals surface area contributed by atoms with E-state index >= 15 is 0 Å². The minimum Gasteiger partial charge on any atom is -0.327 e. The Balaban J connectivity index is 2.43. The van der Waals surface area contributed by atoms with Crippen LogP contribution in [0.25, 0.3) is 0 Å². The number of rotatable bonds is 6. The summed E-state index contributed by atoms with van der Waals surface area (Å²) in [5.74, 6) is -0.00826. The molecule has 1 fully saturated rings. The van der Waals surface area contributed by atoms with Crippen molar-refractivity contribution in [1.29, 1.82) is 0 Å². The van der Waals surface area contributed by atoms with Crippen molar-refractivity contribution in [2.45, 2.75) is 25.4 Å². The maximum atomic E-state index is 11.4. The Morgan fingerprint density at radius 1 is 1.56 bits per heavy atom. The number of amides is 1. The predicted molar refractivity (Wildman–Crippen MR) is 62.4 cm³/mol. The van der Waals surface area contributed by atoms with Gasteiger partial charge in [-0.25, -0.2) is 8.42 Å². The molecule has 1 saturated heterocycles. The number of hydrogen-bond donors (Lipinski definition) is 1. The fraction of sp³-hybridized carbons (Fsp3) is 0.700. The van der Waals surface area contributed by atoms with Crippen LogP contribution in [-0.4, -0.2) is 43.4 Å². The fourth-order valence-electron chi connectivity index (χ4n) is 1.74. The summed E-state index contributed by atoms with van der Waals surface area (Å²) in [4.78, 5) is 12.9. The van der Waals surface area contributed by atoms with E-state index in [0.29, 0.717) is 19.4 Å². The van der Waals surface area contributed by atoms with E-state index in [9.17, 15) is 13.2 Å². The number of sulfone groups is 1. The average Bonchev–Trinajstić information content (AvgIpc) is 2.61. The lowest BCUT2D eigenvalue weighted by molar-refractivity contribution is -0.129. The first-order chi connectivity index (χ1) is 7.46. The van der Waals surface area contributed by atoms with E-state index in [-0.39, 0.29) is 17.4 Å². The zero-order valence-electron chi connectivity index (χ0n) is 9.26. The van der Waals surface area contributed by atoms with Gasteiger partial charge in [0.25, 0.3) is 0 Å². The standard InChI is InChI=1S/C10H18N2O3S/c1-2-7-16(14,15)8-5-9(11)12-6-3-4-10(12)13/h2,9H,1,3-8,11H2. The molecule has 1 amide bonds. The van der Waals surface area contributed by atoms with Crippen LogP contribution in [0.15, 0.2) is 12.7 Å². The van der Waals surface area contributed by atoms with E-state index in [4.69, 9.17) is 5.73 Å². The third-order valence-electron chi connectivity index (χ3n) is 2.61. The van der Waals surface area contributed by atoms with Crippen LogP contribution in [0.3, 0.4) is 0 Å². The van der Waals surface area contributed by atoms with Crippen molar-refractivity contribution in [1.82, 2.24) is 4.90 Å². The molecule has 0 aromatic rings. The molecule has 5 nitrogen and oxygen atoms in total. The van der Waals surface area contributed by atoms with E-state index in [1.54, 1.807) is 4.90 Å². The zero-order valence-corrected chi connectivity index (χ0v) is 10.1. The lowest BCUT2D eigenvalue weighted by Gasteiger charge is -2.23. The molecular weight excluding hydrogens is 228 g/mol. The molecular formula is C10H18N2O3S. The minimum absolute atomic E-state index is 0.00394. The molecule has 1 heterocycles. The molecule has 0 spiro atoms. The summed E-state index contributed by atoms with van der Waals surface area (Å²) in [6.45, 7) is 4.03. The summed E-state index contributed by atoms with van der Waals surface area (Å²) < 4.78 is 22.8. The maximum Gasteiger partial charge on any atom is 0.223 e. The van der Waals surface area contributed by atoms with Crippen LogP contribution in [0.4, 0.5) is 0 Å². The number of nitrogens with two attached hydrogens (primary N) is 1. The van der Waals surface area contributed by atoms with Crippen molar-refractivity contribution < 1.29 is 13.2 Å². The Labute approximate surface area is 96.2 Å². The highest BCUT2D eigenvalue weighted by Crippen LogP contribution is 2.13.